The van der Waals surface area contributed by atoms with Crippen LogP contribution in [0.4, 0.5) is 10.8 Å². The number of aryl methyl sites for hydroxylation is 1. The van der Waals surface area contributed by atoms with Gasteiger partial charge in [0, 0.05) is 17.1 Å². The van der Waals surface area contributed by atoms with Crippen molar-refractivity contribution in [1.29, 1.82) is 0 Å². The molecule has 1 aromatic carbocycles. The fourth-order valence-corrected chi connectivity index (χ4v) is 5.89. The summed E-state index contributed by atoms with van der Waals surface area (Å²) in [4.78, 5) is 14.1. The minimum absolute atomic E-state index is 0.295. The summed E-state index contributed by atoms with van der Waals surface area (Å²) >= 11 is 19.2. The Labute approximate surface area is 218 Å². The Morgan fingerprint density at radius 2 is 1.94 bits per heavy atom. The van der Waals surface area contributed by atoms with Crippen molar-refractivity contribution < 1.29 is 9.53 Å². The van der Waals surface area contributed by atoms with Crippen LogP contribution in [0.5, 0.6) is 0 Å². The Bertz CT molecular complexity index is 1190. The number of thiocarbonyl (C=S) groups is 1. The van der Waals surface area contributed by atoms with E-state index in [9.17, 15) is 4.79 Å². The monoisotopic (exact) mass is 536 g/mol. The molecule has 0 bridgehead atoms. The number of halogens is 2. The van der Waals surface area contributed by atoms with E-state index >= 15 is 0 Å². The average molecular weight is 538 g/mol. The Balaban J connectivity index is 1.47. The van der Waals surface area contributed by atoms with Crippen LogP contribution in [0.25, 0.3) is 0 Å². The first-order valence-electron chi connectivity index (χ1n) is 11.3. The highest BCUT2D eigenvalue weighted by atomic mass is 35.5. The van der Waals surface area contributed by atoms with Gasteiger partial charge in [-0.2, -0.15) is 5.10 Å². The molecule has 0 spiro atoms. The summed E-state index contributed by atoms with van der Waals surface area (Å²) in [6.45, 7) is 2.70. The number of anilines is 2. The number of nitrogens with one attached hydrogen (secondary N) is 2. The predicted octanol–water partition coefficient (Wildman–Crippen LogP) is 6.94. The molecule has 180 valence electrons. The number of thiophene rings is 1. The van der Waals surface area contributed by atoms with Crippen LogP contribution in [0.2, 0.25) is 10.0 Å². The molecule has 0 amide bonds. The van der Waals surface area contributed by atoms with Crippen LogP contribution in [-0.4, -0.2) is 27.5 Å². The summed E-state index contributed by atoms with van der Waals surface area (Å²) in [6, 6.07) is 7.35. The Morgan fingerprint density at radius 1 is 1.15 bits per heavy atom. The van der Waals surface area contributed by atoms with Crippen LogP contribution in [0.15, 0.2) is 30.5 Å². The molecule has 6 nitrogen and oxygen atoms in total. The Hall–Kier alpha value is -2.13. The molecule has 0 unspecified atom stereocenters. The molecule has 0 saturated heterocycles. The van der Waals surface area contributed by atoms with Crippen LogP contribution in [0.1, 0.15) is 59.0 Å². The lowest BCUT2D eigenvalue weighted by Gasteiger charge is -2.12. The molecule has 0 atom stereocenters. The van der Waals surface area contributed by atoms with E-state index in [1.807, 2.05) is 31.3 Å². The van der Waals surface area contributed by atoms with E-state index in [0.29, 0.717) is 39.7 Å². The van der Waals surface area contributed by atoms with Gasteiger partial charge in [0.05, 0.1) is 28.8 Å². The van der Waals surface area contributed by atoms with Crippen molar-refractivity contribution in [3.63, 3.8) is 0 Å². The van der Waals surface area contributed by atoms with Crippen molar-refractivity contribution in [2.24, 2.45) is 0 Å². The lowest BCUT2D eigenvalue weighted by molar-refractivity contribution is 0.0526. The van der Waals surface area contributed by atoms with Crippen molar-refractivity contribution in [1.82, 2.24) is 9.78 Å². The van der Waals surface area contributed by atoms with Gasteiger partial charge in [-0.15, -0.1) is 11.3 Å². The molecule has 1 aliphatic rings. The van der Waals surface area contributed by atoms with E-state index in [-0.39, 0.29) is 5.97 Å². The van der Waals surface area contributed by atoms with Gasteiger partial charge in [-0.05, 0) is 68.1 Å². The molecule has 10 heteroatoms. The quantitative estimate of drug-likeness (QED) is 0.262. The van der Waals surface area contributed by atoms with Crippen molar-refractivity contribution >= 4 is 68.7 Å². The number of hydrogen-bond acceptors (Lipinski definition) is 5. The number of hydrogen-bond donors (Lipinski definition) is 2. The van der Waals surface area contributed by atoms with Crippen molar-refractivity contribution in [2.45, 2.75) is 52.0 Å². The smallest absolute Gasteiger partial charge is 0.341 e. The number of ether oxygens (including phenoxy) is 1. The second-order valence-electron chi connectivity index (χ2n) is 8.07. The van der Waals surface area contributed by atoms with E-state index < -0.39 is 0 Å². The summed E-state index contributed by atoms with van der Waals surface area (Å²) in [6.07, 6.45) is 8.34. The second-order valence-corrected chi connectivity index (χ2v) is 10.4. The highest BCUT2D eigenvalue weighted by molar-refractivity contribution is 7.80. The molecule has 1 aliphatic carbocycles. The molecule has 2 N–H and O–H groups in total. The molecule has 0 saturated carbocycles. The maximum absolute atomic E-state index is 12.8. The molecule has 34 heavy (non-hydrogen) atoms. The predicted molar refractivity (Wildman–Crippen MR) is 144 cm³/mol. The lowest BCUT2D eigenvalue weighted by Crippen LogP contribution is -2.21. The number of fused-ring (bicyclic) bond motifs is 1. The summed E-state index contributed by atoms with van der Waals surface area (Å²) in [7, 11) is 0. The number of nitrogens with zero attached hydrogens (tertiary/aromatic N) is 2. The highest BCUT2D eigenvalue weighted by Gasteiger charge is 2.25. The topological polar surface area (TPSA) is 68.2 Å². The van der Waals surface area contributed by atoms with E-state index in [4.69, 9.17) is 40.2 Å². The highest BCUT2D eigenvalue weighted by Crippen LogP contribution is 2.37. The zero-order valence-electron chi connectivity index (χ0n) is 18.8. The SMILES string of the molecule is CCOC(=O)c1c(NC(=S)Nc2ccn(Cc3ccc(Cl)c(Cl)c3)n2)sc2c1CCCCCC2. The number of aromatic nitrogens is 2. The third kappa shape index (κ3) is 6.10. The van der Waals surface area contributed by atoms with Crippen LogP contribution in [0, 0.1) is 0 Å². The van der Waals surface area contributed by atoms with E-state index in [1.165, 1.54) is 17.7 Å². The number of esters is 1. The van der Waals surface area contributed by atoms with Crippen LogP contribution in [-0.2, 0) is 24.1 Å². The summed E-state index contributed by atoms with van der Waals surface area (Å²) < 4.78 is 7.15. The number of benzene rings is 1. The molecule has 2 aromatic heterocycles. The molecule has 2 heterocycles. The second kappa shape index (κ2) is 11.5. The van der Waals surface area contributed by atoms with Gasteiger partial charge >= 0.3 is 5.97 Å². The lowest BCUT2D eigenvalue weighted by atomic mass is 9.96. The summed E-state index contributed by atoms with van der Waals surface area (Å²) in [5.74, 6) is 0.307. The van der Waals surface area contributed by atoms with Crippen LogP contribution < -0.4 is 10.6 Å². The first kappa shape index (κ1) is 25.0. The van der Waals surface area contributed by atoms with Gasteiger partial charge in [-0.3, -0.25) is 4.68 Å². The molecule has 0 radical (unpaired) electrons. The van der Waals surface area contributed by atoms with Crippen LogP contribution >= 0.6 is 46.8 Å². The maximum Gasteiger partial charge on any atom is 0.341 e. The van der Waals surface area contributed by atoms with Gasteiger partial charge in [0.25, 0.3) is 0 Å². The molecule has 3 aromatic rings. The van der Waals surface area contributed by atoms with E-state index in [1.54, 1.807) is 22.1 Å². The summed E-state index contributed by atoms with van der Waals surface area (Å²) in [5.41, 5.74) is 2.72. The van der Waals surface area contributed by atoms with Crippen molar-refractivity contribution in [3.8, 4) is 0 Å². The zero-order chi connectivity index (χ0) is 24.1. The minimum atomic E-state index is -0.295. The van der Waals surface area contributed by atoms with Gasteiger partial charge in [0.15, 0.2) is 10.9 Å². The Morgan fingerprint density at radius 3 is 2.71 bits per heavy atom. The average Bonchev–Trinajstić information content (AvgIpc) is 3.34. The fourth-order valence-electron chi connectivity index (χ4n) is 4.02. The van der Waals surface area contributed by atoms with Gasteiger partial charge in [-0.1, -0.05) is 42.1 Å². The van der Waals surface area contributed by atoms with Gasteiger partial charge in [-0.25, -0.2) is 4.79 Å². The van der Waals surface area contributed by atoms with Crippen molar-refractivity contribution in [3.05, 3.63) is 62.1 Å². The number of rotatable bonds is 6. The minimum Gasteiger partial charge on any atom is -0.462 e. The van der Waals surface area contributed by atoms with E-state index in [0.717, 1.165) is 41.8 Å². The van der Waals surface area contributed by atoms with Gasteiger partial charge < -0.3 is 15.4 Å². The maximum atomic E-state index is 12.8. The standard InChI is InChI=1S/C24H26Cl2N4O2S2/c1-2-32-23(31)21-16-7-5-3-4-6-8-19(16)34-22(21)28-24(33)27-20-11-12-30(29-20)14-15-9-10-17(25)18(26)13-15/h9-13H,2-8,14H2,1H3,(H2,27,28,29,33). The largest absolute Gasteiger partial charge is 0.462 e. The normalized spacial score (nSPS) is 13.5. The fraction of sp³-hybridized carbons (Fsp3) is 0.375. The molecule has 0 aliphatic heterocycles. The summed E-state index contributed by atoms with van der Waals surface area (Å²) in [5, 5.41) is 13.0. The van der Waals surface area contributed by atoms with E-state index in [2.05, 4.69) is 15.7 Å². The first-order chi connectivity index (χ1) is 16.4. The number of carbonyl (C=O) groups is 1. The molecule has 4 rings (SSSR count). The third-order valence-electron chi connectivity index (χ3n) is 5.59. The van der Waals surface area contributed by atoms with Crippen molar-refractivity contribution in [2.75, 3.05) is 17.2 Å². The molecular weight excluding hydrogens is 511 g/mol. The third-order valence-corrected chi connectivity index (χ3v) is 7.74. The number of carbonyl (C=O) groups excluding carboxylic acids is 1. The molecule has 0 fully saturated rings. The van der Waals surface area contributed by atoms with Crippen LogP contribution in [0.3, 0.4) is 0 Å². The zero-order valence-corrected chi connectivity index (χ0v) is 22.0. The Kier molecular flexibility index (Phi) is 8.47. The van der Waals surface area contributed by atoms with Gasteiger partial charge in [0.2, 0.25) is 0 Å². The first-order valence-corrected chi connectivity index (χ1v) is 13.3. The molecular formula is C24H26Cl2N4O2S2. The van der Waals surface area contributed by atoms with Gasteiger partial charge in [0.1, 0.15) is 5.00 Å².